The van der Waals surface area contributed by atoms with Gasteiger partial charge in [0.05, 0.1) is 0 Å². The fourth-order valence-electron chi connectivity index (χ4n) is 0. The van der Waals surface area contributed by atoms with Crippen molar-refractivity contribution in [2.24, 2.45) is 0 Å². The first-order valence-electron chi connectivity index (χ1n) is 1.84. The zero-order chi connectivity index (χ0) is 18.0. The van der Waals surface area contributed by atoms with E-state index in [1.165, 1.54) is 0 Å². The molecule has 0 unspecified atom stereocenters. The van der Waals surface area contributed by atoms with Crippen LogP contribution in [0.15, 0.2) is 0 Å². The molecule has 0 saturated carbocycles. The van der Waals surface area contributed by atoms with E-state index in [1.54, 1.807) is 0 Å². The summed E-state index contributed by atoms with van der Waals surface area (Å²) in [6.07, 6.45) is 0. The first kappa shape index (κ1) is 93.3. The van der Waals surface area contributed by atoms with Crippen molar-refractivity contribution < 1.29 is 60.2 Å². The smallest absolute Gasteiger partial charge is 0.281 e. The molecule has 10 heteroatoms. The van der Waals surface area contributed by atoms with Crippen molar-refractivity contribution >= 4 is 61.1 Å². The molecule has 0 fully saturated rings. The predicted molar refractivity (Wildman–Crippen MR) is 51.2 cm³/mol. The van der Waals surface area contributed by atoms with Crippen LogP contribution in [0.5, 0.6) is 0 Å². The van der Waals surface area contributed by atoms with Crippen LogP contribution < -0.4 is 0 Å². The van der Waals surface area contributed by atoms with E-state index in [4.69, 9.17) is 43.2 Å². The predicted octanol–water partition coefficient (Wildman–Crippen LogP) is -3.58. The molecule has 19 heavy (non-hydrogen) atoms. The Morgan fingerprint density at radius 1 is 0.211 bits per heavy atom. The molecule has 0 spiro atoms. The average Bonchev–Trinajstić information content (AvgIpc) is 2.63. The molecule has 0 saturated heterocycles. The Labute approximate surface area is 122 Å². The van der Waals surface area contributed by atoms with Gasteiger partial charge in [-0.25, -0.2) is 0 Å². The largest absolute Gasteiger partial charge is 0.281 e. The second-order valence-electron chi connectivity index (χ2n) is 0. The van der Waals surface area contributed by atoms with E-state index in [1.807, 2.05) is 0 Å². The fraction of sp³-hybridized carbons (Fsp3) is 0. The van der Waals surface area contributed by atoms with Crippen LogP contribution >= 0.6 is 0 Å². The van der Waals surface area contributed by atoms with Crippen LogP contribution in [0.4, 0.5) is 0 Å². The molecular formula is C9FeO9. The summed E-state index contributed by atoms with van der Waals surface area (Å²) < 4.78 is 0. The fourth-order valence-corrected chi connectivity index (χ4v) is 0. The van der Waals surface area contributed by atoms with Crippen LogP contribution in [0.2, 0.25) is 0 Å². The maximum Gasteiger partial charge on any atom is 0.281 e. The standard InChI is InChI=1S/9CO.Fe/c9*1-2;. The van der Waals surface area contributed by atoms with Crippen LogP contribution in [-0.2, 0) is 60.2 Å². The zero-order valence-electron chi connectivity index (χ0n) is 8.53. The van der Waals surface area contributed by atoms with Gasteiger partial charge in [-0.05, 0) is 0 Å². The molecule has 0 aromatic rings. The summed E-state index contributed by atoms with van der Waals surface area (Å²) in [6.45, 7) is 40.5. The van der Waals surface area contributed by atoms with Gasteiger partial charge in [0.1, 0.15) is 0 Å². The molecule has 0 amide bonds. The van der Waals surface area contributed by atoms with Crippen LogP contribution in [0.3, 0.4) is 0 Å². The minimum Gasteiger partial charge on any atom is -0.281 e. The molecule has 0 heterocycles. The molecule has 0 N–H and O–H groups in total. The molecular weight excluding hydrogens is 308 g/mol. The van der Waals surface area contributed by atoms with Crippen molar-refractivity contribution in [1.82, 2.24) is 0 Å². The summed E-state index contributed by atoms with van der Waals surface area (Å²) in [5.74, 6) is 0. The summed E-state index contributed by atoms with van der Waals surface area (Å²) in [5.41, 5.74) is 0. The van der Waals surface area contributed by atoms with E-state index in [-0.39, 0.29) is 17.1 Å². The van der Waals surface area contributed by atoms with E-state index in [9.17, 15) is 0 Å². The van der Waals surface area contributed by atoms with E-state index in [0.29, 0.717) is 0 Å². The molecule has 0 aromatic carbocycles. The van der Waals surface area contributed by atoms with Gasteiger partial charge in [-0.2, -0.15) is 0 Å². The van der Waals surface area contributed by atoms with Gasteiger partial charge < -0.3 is 0 Å². The first-order valence-corrected chi connectivity index (χ1v) is 1.84. The number of rotatable bonds is 0. The van der Waals surface area contributed by atoms with Gasteiger partial charge >= 0.3 is 0 Å². The first-order chi connectivity index (χ1) is 9.00. The van der Waals surface area contributed by atoms with E-state index in [0.717, 1.165) is 0 Å². The topological polar surface area (TPSA) is 154 Å². The Morgan fingerprint density at radius 2 is 0.211 bits per heavy atom. The van der Waals surface area contributed by atoms with Gasteiger partial charge in [-0.15, -0.1) is 0 Å². The Kier molecular flexibility index (Phi) is 2690. The van der Waals surface area contributed by atoms with Gasteiger partial charge in [0, 0.05) is 17.1 Å². The second kappa shape index (κ2) is 548. The Hall–Kier alpha value is -2.45. The molecule has 0 aliphatic heterocycles. The third kappa shape index (κ3) is 475. The third-order valence-electron chi connectivity index (χ3n) is 0. The summed E-state index contributed by atoms with van der Waals surface area (Å²) in [7, 11) is 0. The monoisotopic (exact) mass is 308 g/mol. The number of carbonyl (C=O) groups excluding carboxylic acids is 9. The van der Waals surface area contributed by atoms with Gasteiger partial charge in [-0.3, -0.25) is 43.2 Å². The van der Waals surface area contributed by atoms with Gasteiger partial charge in [0.2, 0.25) is 0 Å². The van der Waals surface area contributed by atoms with Crippen LogP contribution in [0, 0.1) is 0 Å². The zero-order valence-corrected chi connectivity index (χ0v) is 9.63. The molecule has 98 valence electrons. The molecule has 0 aliphatic carbocycles. The van der Waals surface area contributed by atoms with Crippen LogP contribution in [-0.4, -0.2) is 61.1 Å². The molecule has 0 aliphatic rings. The Balaban J connectivity index is -0.00000000596. The second-order valence-corrected chi connectivity index (χ2v) is 0. The SMILES string of the molecule is [C]=O.[C]=O.[C]=O.[C]=O.[C]=O.[C]=O.[C]=O.[C]=O.[C]=O.[Fe]. The minimum atomic E-state index is 0. The summed E-state index contributed by atoms with van der Waals surface area (Å²) in [6, 6.07) is 0. The Bertz CT molecular complexity index is 52.2. The van der Waals surface area contributed by atoms with Crippen molar-refractivity contribution in [3.8, 4) is 0 Å². The molecule has 0 atom stereocenters. The van der Waals surface area contributed by atoms with E-state index in [2.05, 4.69) is 61.1 Å². The molecule has 0 aromatic heterocycles. The molecule has 18 radical (unpaired) electrons. The maximum atomic E-state index is 7.50. The normalized spacial score (nSPS) is 1.89. The van der Waals surface area contributed by atoms with Gasteiger partial charge in [0.15, 0.2) is 0 Å². The quantitative estimate of drug-likeness (QED) is 0.413. The average molecular weight is 308 g/mol. The summed E-state index contributed by atoms with van der Waals surface area (Å²) in [4.78, 5) is 67.5. The number of hydrogen-bond donors (Lipinski definition) is 0. The minimum absolute atomic E-state index is 0. The van der Waals surface area contributed by atoms with Crippen molar-refractivity contribution in [1.29, 1.82) is 0 Å². The molecule has 9 nitrogen and oxygen atoms in total. The third-order valence-corrected chi connectivity index (χ3v) is 0. The van der Waals surface area contributed by atoms with Crippen LogP contribution in [0.25, 0.3) is 0 Å². The van der Waals surface area contributed by atoms with E-state index >= 15 is 0 Å². The van der Waals surface area contributed by atoms with Crippen LogP contribution in [0.1, 0.15) is 0 Å². The van der Waals surface area contributed by atoms with Crippen molar-refractivity contribution in [3.05, 3.63) is 0 Å². The van der Waals surface area contributed by atoms with Crippen molar-refractivity contribution in [2.75, 3.05) is 0 Å². The van der Waals surface area contributed by atoms with Gasteiger partial charge in [0.25, 0.3) is 61.1 Å². The Morgan fingerprint density at radius 3 is 0.211 bits per heavy atom. The summed E-state index contributed by atoms with van der Waals surface area (Å²) in [5, 5.41) is 0. The summed E-state index contributed by atoms with van der Waals surface area (Å²) >= 11 is 0. The number of hydrogen-bond acceptors (Lipinski definition) is 9. The van der Waals surface area contributed by atoms with Crippen molar-refractivity contribution in [2.45, 2.75) is 0 Å². The van der Waals surface area contributed by atoms with E-state index < -0.39 is 0 Å². The molecule has 0 bridgehead atoms. The maximum absolute atomic E-state index is 7.50. The van der Waals surface area contributed by atoms with Gasteiger partial charge in [-0.1, -0.05) is 0 Å². The van der Waals surface area contributed by atoms with Crippen molar-refractivity contribution in [3.63, 3.8) is 0 Å². The molecule has 0 rings (SSSR count).